The zero-order valence-corrected chi connectivity index (χ0v) is 6.80. The Morgan fingerprint density at radius 3 is 3.00 bits per heavy atom. The van der Waals surface area contributed by atoms with Gasteiger partial charge in [0.05, 0.1) is 0 Å². The lowest BCUT2D eigenvalue weighted by molar-refractivity contribution is 0.557. The fourth-order valence-corrected chi connectivity index (χ4v) is 1.20. The van der Waals surface area contributed by atoms with Crippen LogP contribution in [0.4, 0.5) is 0 Å². The number of aromatic amines is 1. The number of H-pyrrole nitrogens is 1. The molecule has 0 aliphatic heterocycles. The van der Waals surface area contributed by atoms with E-state index in [0.717, 1.165) is 13.0 Å². The van der Waals surface area contributed by atoms with E-state index >= 15 is 0 Å². The van der Waals surface area contributed by atoms with Gasteiger partial charge < -0.3 is 16.0 Å². The van der Waals surface area contributed by atoms with Gasteiger partial charge in [-0.25, -0.2) is 0 Å². The molecule has 4 N–H and O–H groups in total. The Kier molecular flexibility index (Phi) is 3.14. The smallest absolute Gasteiger partial charge is 0.0344 e. The maximum atomic E-state index is 5.46. The summed E-state index contributed by atoms with van der Waals surface area (Å²) < 4.78 is 0. The molecule has 0 saturated heterocycles. The number of aromatic nitrogens is 1. The molecule has 0 aliphatic rings. The van der Waals surface area contributed by atoms with Crippen LogP contribution in [0.15, 0.2) is 18.5 Å². The molecule has 1 heterocycles. The number of nitrogens with two attached hydrogens (primary N) is 1. The first-order chi connectivity index (χ1) is 5.38. The van der Waals surface area contributed by atoms with Crippen LogP contribution in [0.3, 0.4) is 0 Å². The summed E-state index contributed by atoms with van der Waals surface area (Å²) in [4.78, 5) is 3.02. The van der Waals surface area contributed by atoms with Gasteiger partial charge in [-0.2, -0.15) is 0 Å². The molecule has 0 radical (unpaired) electrons. The summed E-state index contributed by atoms with van der Waals surface area (Å²) in [5.74, 6) is 0. The fraction of sp³-hybridized carbons (Fsp3) is 0.500. The Bertz CT molecular complexity index is 181. The van der Waals surface area contributed by atoms with E-state index in [-0.39, 0.29) is 0 Å². The highest BCUT2D eigenvalue weighted by molar-refractivity contribution is 5.13. The number of nitrogens with one attached hydrogen (secondary N) is 2. The van der Waals surface area contributed by atoms with Crippen LogP contribution in [-0.2, 0) is 0 Å². The highest BCUT2D eigenvalue weighted by Gasteiger charge is 2.06. The molecule has 0 amide bonds. The highest BCUT2D eigenvalue weighted by Crippen LogP contribution is 2.13. The number of hydrogen-bond donors (Lipinski definition) is 3. The largest absolute Gasteiger partial charge is 0.367 e. The molecule has 3 heteroatoms. The Morgan fingerprint density at radius 1 is 1.73 bits per heavy atom. The standard InChI is InChI=1S/C8H15N3/c1-10-8(2-4-9)7-3-5-11-6-7/h3,5-6,8,10-11H,2,4,9H2,1H3. The van der Waals surface area contributed by atoms with Gasteiger partial charge in [-0.3, -0.25) is 0 Å². The molecule has 1 atom stereocenters. The van der Waals surface area contributed by atoms with Crippen LogP contribution in [0.5, 0.6) is 0 Å². The maximum Gasteiger partial charge on any atom is 0.0344 e. The van der Waals surface area contributed by atoms with Crippen LogP contribution in [0.25, 0.3) is 0 Å². The second kappa shape index (κ2) is 4.16. The van der Waals surface area contributed by atoms with Crippen molar-refractivity contribution in [2.45, 2.75) is 12.5 Å². The Labute approximate surface area is 67.0 Å². The second-order valence-electron chi connectivity index (χ2n) is 2.56. The van der Waals surface area contributed by atoms with Gasteiger partial charge in [-0.15, -0.1) is 0 Å². The third-order valence-corrected chi connectivity index (χ3v) is 1.83. The SMILES string of the molecule is CNC(CCN)c1cc[nH]c1. The van der Waals surface area contributed by atoms with E-state index in [0.29, 0.717) is 6.04 Å². The average molecular weight is 153 g/mol. The van der Waals surface area contributed by atoms with Crippen LogP contribution >= 0.6 is 0 Å². The molecule has 62 valence electrons. The topological polar surface area (TPSA) is 53.8 Å². The third-order valence-electron chi connectivity index (χ3n) is 1.83. The van der Waals surface area contributed by atoms with Crippen molar-refractivity contribution >= 4 is 0 Å². The van der Waals surface area contributed by atoms with Gasteiger partial charge in [-0.05, 0) is 31.6 Å². The molecular formula is C8H15N3. The second-order valence-corrected chi connectivity index (χ2v) is 2.56. The summed E-state index contributed by atoms with van der Waals surface area (Å²) in [6.45, 7) is 0.719. The van der Waals surface area contributed by atoms with Crippen molar-refractivity contribution in [1.29, 1.82) is 0 Å². The summed E-state index contributed by atoms with van der Waals surface area (Å²) in [5.41, 5.74) is 6.74. The number of hydrogen-bond acceptors (Lipinski definition) is 2. The Balaban J connectivity index is 2.56. The van der Waals surface area contributed by atoms with E-state index in [9.17, 15) is 0 Å². The van der Waals surface area contributed by atoms with Crippen molar-refractivity contribution in [3.05, 3.63) is 24.0 Å². The quantitative estimate of drug-likeness (QED) is 0.594. The Hall–Kier alpha value is -0.800. The molecule has 0 saturated carbocycles. The fourth-order valence-electron chi connectivity index (χ4n) is 1.20. The van der Waals surface area contributed by atoms with Crippen LogP contribution in [0.2, 0.25) is 0 Å². The van der Waals surface area contributed by atoms with Crippen molar-refractivity contribution < 1.29 is 0 Å². The average Bonchev–Trinajstić information content (AvgIpc) is 2.52. The first-order valence-electron chi connectivity index (χ1n) is 3.88. The van der Waals surface area contributed by atoms with E-state index < -0.39 is 0 Å². The van der Waals surface area contributed by atoms with Gasteiger partial charge in [0.15, 0.2) is 0 Å². The zero-order valence-electron chi connectivity index (χ0n) is 6.80. The van der Waals surface area contributed by atoms with Crippen LogP contribution in [0, 0.1) is 0 Å². The van der Waals surface area contributed by atoms with Crippen LogP contribution < -0.4 is 11.1 Å². The molecule has 0 aliphatic carbocycles. The minimum atomic E-state index is 0.395. The normalized spacial score (nSPS) is 13.3. The van der Waals surface area contributed by atoms with Gasteiger partial charge >= 0.3 is 0 Å². The molecule has 11 heavy (non-hydrogen) atoms. The summed E-state index contributed by atoms with van der Waals surface area (Å²) >= 11 is 0. The first kappa shape index (κ1) is 8.30. The molecule has 1 aromatic rings. The number of rotatable bonds is 4. The van der Waals surface area contributed by atoms with Crippen molar-refractivity contribution in [3.63, 3.8) is 0 Å². The molecule has 1 aromatic heterocycles. The molecule has 3 nitrogen and oxygen atoms in total. The summed E-state index contributed by atoms with van der Waals surface area (Å²) in [5, 5.41) is 3.21. The van der Waals surface area contributed by atoms with E-state index in [1.807, 2.05) is 19.4 Å². The van der Waals surface area contributed by atoms with E-state index in [2.05, 4.69) is 16.4 Å². The minimum Gasteiger partial charge on any atom is -0.367 e. The zero-order chi connectivity index (χ0) is 8.10. The van der Waals surface area contributed by atoms with Gasteiger partial charge in [0.2, 0.25) is 0 Å². The summed E-state index contributed by atoms with van der Waals surface area (Å²) in [7, 11) is 1.95. The van der Waals surface area contributed by atoms with Crippen molar-refractivity contribution in [2.75, 3.05) is 13.6 Å². The van der Waals surface area contributed by atoms with Gasteiger partial charge in [0.25, 0.3) is 0 Å². The first-order valence-corrected chi connectivity index (χ1v) is 3.88. The maximum absolute atomic E-state index is 5.46. The molecule has 0 fully saturated rings. The van der Waals surface area contributed by atoms with E-state index in [4.69, 9.17) is 5.73 Å². The third kappa shape index (κ3) is 2.06. The molecule has 0 spiro atoms. The van der Waals surface area contributed by atoms with Crippen molar-refractivity contribution in [1.82, 2.24) is 10.3 Å². The molecular weight excluding hydrogens is 138 g/mol. The minimum absolute atomic E-state index is 0.395. The van der Waals surface area contributed by atoms with Gasteiger partial charge in [0.1, 0.15) is 0 Å². The predicted molar refractivity (Wildman–Crippen MR) is 46.3 cm³/mol. The van der Waals surface area contributed by atoms with Gasteiger partial charge in [-0.1, -0.05) is 0 Å². The van der Waals surface area contributed by atoms with Crippen LogP contribution in [0.1, 0.15) is 18.0 Å². The molecule has 0 bridgehead atoms. The molecule has 1 unspecified atom stereocenters. The van der Waals surface area contributed by atoms with Crippen molar-refractivity contribution in [2.24, 2.45) is 5.73 Å². The molecule has 0 aromatic carbocycles. The van der Waals surface area contributed by atoms with Crippen molar-refractivity contribution in [3.8, 4) is 0 Å². The lowest BCUT2D eigenvalue weighted by Gasteiger charge is -2.12. The lowest BCUT2D eigenvalue weighted by Crippen LogP contribution is -2.19. The van der Waals surface area contributed by atoms with Gasteiger partial charge in [0, 0.05) is 18.4 Å². The van der Waals surface area contributed by atoms with Crippen LogP contribution in [-0.4, -0.2) is 18.6 Å². The Morgan fingerprint density at radius 2 is 2.55 bits per heavy atom. The lowest BCUT2D eigenvalue weighted by atomic mass is 10.1. The molecule has 1 rings (SSSR count). The highest BCUT2D eigenvalue weighted by atomic mass is 14.9. The summed E-state index contributed by atoms with van der Waals surface area (Å²) in [6, 6.07) is 2.46. The summed E-state index contributed by atoms with van der Waals surface area (Å²) in [6.07, 6.45) is 4.90. The predicted octanol–water partition coefficient (Wildman–Crippen LogP) is 0.624. The van der Waals surface area contributed by atoms with E-state index in [1.54, 1.807) is 0 Å². The van der Waals surface area contributed by atoms with E-state index in [1.165, 1.54) is 5.56 Å². The monoisotopic (exact) mass is 153 g/mol.